The summed E-state index contributed by atoms with van der Waals surface area (Å²) in [5, 5.41) is 0. The van der Waals surface area contributed by atoms with Gasteiger partial charge in [-0.2, -0.15) is 0 Å². The lowest BCUT2D eigenvalue weighted by molar-refractivity contribution is 0.0526. The Bertz CT molecular complexity index is 275. The van der Waals surface area contributed by atoms with Gasteiger partial charge < -0.3 is 4.74 Å². The van der Waals surface area contributed by atoms with Gasteiger partial charge in [0.15, 0.2) is 0 Å². The first kappa shape index (κ1) is 11.3. The molecule has 0 N–H and O–H groups in total. The molecule has 0 aromatic heterocycles. The quantitative estimate of drug-likeness (QED) is 0.672. The molecule has 78 valence electrons. The molecule has 3 nitrogen and oxygen atoms in total. The van der Waals surface area contributed by atoms with Crippen molar-refractivity contribution < 1.29 is 13.2 Å². The van der Waals surface area contributed by atoms with Crippen molar-refractivity contribution in [1.82, 2.24) is 0 Å². The standard InChI is InChI=1S/C8H15ClO3S/c1-5-6(2)12-7(3)8(5)4-13(9,10)11/h5-8H,4H2,1-3H3. The SMILES string of the molecule is CC1OC(C)C(CS(=O)(=O)Cl)C1C. The van der Waals surface area contributed by atoms with E-state index < -0.39 is 9.05 Å². The molecule has 0 saturated carbocycles. The maximum absolute atomic E-state index is 10.9. The molecule has 0 spiro atoms. The summed E-state index contributed by atoms with van der Waals surface area (Å²) in [6.07, 6.45) is 0.108. The fourth-order valence-electron chi connectivity index (χ4n) is 1.86. The molecule has 4 unspecified atom stereocenters. The van der Waals surface area contributed by atoms with E-state index in [1.807, 2.05) is 20.8 Å². The van der Waals surface area contributed by atoms with Crippen LogP contribution >= 0.6 is 10.7 Å². The Hall–Kier alpha value is 0.200. The zero-order valence-electron chi connectivity index (χ0n) is 8.03. The van der Waals surface area contributed by atoms with E-state index in [9.17, 15) is 8.42 Å². The Morgan fingerprint density at radius 2 is 1.77 bits per heavy atom. The Morgan fingerprint density at radius 3 is 2.08 bits per heavy atom. The van der Waals surface area contributed by atoms with E-state index in [2.05, 4.69) is 0 Å². The van der Waals surface area contributed by atoms with Crippen molar-refractivity contribution >= 4 is 19.7 Å². The highest BCUT2D eigenvalue weighted by Crippen LogP contribution is 2.33. The van der Waals surface area contributed by atoms with Gasteiger partial charge in [0.2, 0.25) is 9.05 Å². The number of halogens is 1. The Labute approximate surface area is 83.8 Å². The Kier molecular flexibility index (Phi) is 3.25. The van der Waals surface area contributed by atoms with Crippen LogP contribution in [0.4, 0.5) is 0 Å². The number of hydrogen-bond donors (Lipinski definition) is 0. The highest BCUT2D eigenvalue weighted by atomic mass is 35.7. The van der Waals surface area contributed by atoms with Crippen LogP contribution in [0.15, 0.2) is 0 Å². The highest BCUT2D eigenvalue weighted by Gasteiger charge is 2.38. The molecule has 1 aliphatic rings. The molecular weight excluding hydrogens is 212 g/mol. The van der Waals surface area contributed by atoms with Crippen LogP contribution in [0.5, 0.6) is 0 Å². The fourth-order valence-corrected chi connectivity index (χ4v) is 3.33. The average molecular weight is 227 g/mol. The second-order valence-electron chi connectivity index (χ2n) is 3.77. The van der Waals surface area contributed by atoms with Crippen molar-refractivity contribution in [2.24, 2.45) is 11.8 Å². The lowest BCUT2D eigenvalue weighted by Crippen LogP contribution is -2.24. The van der Waals surface area contributed by atoms with Gasteiger partial charge in [-0.1, -0.05) is 6.92 Å². The van der Waals surface area contributed by atoms with Crippen LogP contribution in [-0.2, 0) is 13.8 Å². The lowest BCUT2D eigenvalue weighted by Gasteiger charge is -2.15. The smallest absolute Gasteiger partial charge is 0.232 e. The van der Waals surface area contributed by atoms with Crippen LogP contribution in [0.25, 0.3) is 0 Å². The van der Waals surface area contributed by atoms with Crippen LogP contribution in [-0.4, -0.2) is 26.4 Å². The van der Waals surface area contributed by atoms with Gasteiger partial charge in [-0.3, -0.25) is 0 Å². The topological polar surface area (TPSA) is 43.4 Å². The van der Waals surface area contributed by atoms with Gasteiger partial charge in [0.05, 0.1) is 18.0 Å². The Balaban J connectivity index is 2.70. The fraction of sp³-hybridized carbons (Fsp3) is 1.00. The molecule has 1 fully saturated rings. The first-order chi connectivity index (χ1) is 5.81. The van der Waals surface area contributed by atoms with Gasteiger partial charge in [-0.15, -0.1) is 0 Å². The number of hydrogen-bond acceptors (Lipinski definition) is 3. The third kappa shape index (κ3) is 2.82. The summed E-state index contributed by atoms with van der Waals surface area (Å²) >= 11 is 0. The summed E-state index contributed by atoms with van der Waals surface area (Å²) in [6, 6.07) is 0. The van der Waals surface area contributed by atoms with E-state index in [0.717, 1.165) is 0 Å². The molecule has 1 heterocycles. The second kappa shape index (κ2) is 3.75. The molecule has 1 aliphatic heterocycles. The molecule has 1 saturated heterocycles. The number of rotatable bonds is 2. The van der Waals surface area contributed by atoms with Crippen molar-refractivity contribution in [2.45, 2.75) is 33.0 Å². The monoisotopic (exact) mass is 226 g/mol. The summed E-state index contributed by atoms with van der Waals surface area (Å²) in [7, 11) is 1.80. The van der Waals surface area contributed by atoms with Crippen molar-refractivity contribution in [1.29, 1.82) is 0 Å². The normalized spacial score (nSPS) is 40.9. The first-order valence-corrected chi connectivity index (χ1v) is 6.87. The minimum atomic E-state index is -3.40. The number of ether oxygens (including phenoxy) is 1. The van der Waals surface area contributed by atoms with Crippen molar-refractivity contribution in [3.05, 3.63) is 0 Å². The van der Waals surface area contributed by atoms with E-state index in [1.54, 1.807) is 0 Å². The average Bonchev–Trinajstić information content (AvgIpc) is 2.14. The highest BCUT2D eigenvalue weighted by molar-refractivity contribution is 8.13. The van der Waals surface area contributed by atoms with E-state index in [-0.39, 0.29) is 29.8 Å². The van der Waals surface area contributed by atoms with Crippen LogP contribution in [0, 0.1) is 11.8 Å². The molecule has 0 aliphatic carbocycles. The molecule has 13 heavy (non-hydrogen) atoms. The minimum absolute atomic E-state index is 0.0151. The van der Waals surface area contributed by atoms with Crippen LogP contribution in [0.2, 0.25) is 0 Å². The predicted octanol–water partition coefficient (Wildman–Crippen LogP) is 1.61. The van der Waals surface area contributed by atoms with Crippen molar-refractivity contribution in [3.8, 4) is 0 Å². The van der Waals surface area contributed by atoms with Crippen LogP contribution < -0.4 is 0 Å². The zero-order chi connectivity index (χ0) is 10.2. The summed E-state index contributed by atoms with van der Waals surface area (Å²) in [5.74, 6) is 0.294. The van der Waals surface area contributed by atoms with E-state index in [4.69, 9.17) is 15.4 Å². The van der Waals surface area contributed by atoms with Gasteiger partial charge >= 0.3 is 0 Å². The van der Waals surface area contributed by atoms with Crippen LogP contribution in [0.3, 0.4) is 0 Å². The summed E-state index contributed by atoms with van der Waals surface area (Å²) in [6.45, 7) is 5.86. The minimum Gasteiger partial charge on any atom is -0.375 e. The molecule has 0 radical (unpaired) electrons. The van der Waals surface area contributed by atoms with E-state index >= 15 is 0 Å². The summed E-state index contributed by atoms with van der Waals surface area (Å²) in [4.78, 5) is 0. The maximum Gasteiger partial charge on any atom is 0.232 e. The molecule has 1 rings (SSSR count). The molecule has 0 aromatic rings. The van der Waals surface area contributed by atoms with Gasteiger partial charge in [-0.25, -0.2) is 8.42 Å². The molecule has 5 heteroatoms. The van der Waals surface area contributed by atoms with Gasteiger partial charge in [0, 0.05) is 16.6 Å². The van der Waals surface area contributed by atoms with Gasteiger partial charge in [0.1, 0.15) is 0 Å². The van der Waals surface area contributed by atoms with Crippen molar-refractivity contribution in [3.63, 3.8) is 0 Å². The summed E-state index contributed by atoms with van der Waals surface area (Å²) in [5.41, 5.74) is 0. The van der Waals surface area contributed by atoms with Gasteiger partial charge in [0.25, 0.3) is 0 Å². The van der Waals surface area contributed by atoms with Crippen LogP contribution in [0.1, 0.15) is 20.8 Å². The van der Waals surface area contributed by atoms with Gasteiger partial charge in [-0.05, 0) is 19.8 Å². The second-order valence-corrected chi connectivity index (χ2v) is 6.60. The molecular formula is C8H15ClO3S. The zero-order valence-corrected chi connectivity index (χ0v) is 9.60. The molecule has 4 atom stereocenters. The lowest BCUT2D eigenvalue weighted by atomic mass is 9.91. The molecule has 0 bridgehead atoms. The summed E-state index contributed by atoms with van der Waals surface area (Å²) < 4.78 is 27.3. The predicted molar refractivity (Wildman–Crippen MR) is 52.3 cm³/mol. The van der Waals surface area contributed by atoms with E-state index in [1.165, 1.54) is 0 Å². The van der Waals surface area contributed by atoms with E-state index in [0.29, 0.717) is 0 Å². The third-order valence-corrected chi connectivity index (χ3v) is 4.00. The molecule has 0 aromatic carbocycles. The third-order valence-electron chi connectivity index (χ3n) is 2.84. The first-order valence-electron chi connectivity index (χ1n) is 4.39. The maximum atomic E-state index is 10.9. The Morgan fingerprint density at radius 1 is 1.23 bits per heavy atom. The molecule has 0 amide bonds. The van der Waals surface area contributed by atoms with Crippen molar-refractivity contribution in [2.75, 3.05) is 5.75 Å². The largest absolute Gasteiger partial charge is 0.375 e.